The number of nitrogens with zero attached hydrogens (tertiary/aromatic N) is 1. The van der Waals surface area contributed by atoms with Crippen molar-refractivity contribution in [1.29, 1.82) is 0 Å². The van der Waals surface area contributed by atoms with Crippen LogP contribution in [0.15, 0.2) is 24.3 Å². The highest BCUT2D eigenvalue weighted by Crippen LogP contribution is 2.34. The van der Waals surface area contributed by atoms with Gasteiger partial charge in [0.15, 0.2) is 9.84 Å². The maximum Gasteiger partial charge on any atom is 0.307 e. The van der Waals surface area contributed by atoms with Crippen molar-refractivity contribution in [2.75, 3.05) is 12.3 Å². The van der Waals surface area contributed by atoms with Crippen LogP contribution in [0.25, 0.3) is 0 Å². The lowest BCUT2D eigenvalue weighted by Crippen LogP contribution is -2.40. The average molecular weight is 295 g/mol. The second-order valence-electron chi connectivity index (χ2n) is 5.61. The molecule has 2 unspecified atom stereocenters. The summed E-state index contributed by atoms with van der Waals surface area (Å²) in [6, 6.07) is 7.59. The van der Waals surface area contributed by atoms with Crippen LogP contribution in [0.2, 0.25) is 0 Å². The summed E-state index contributed by atoms with van der Waals surface area (Å²) in [5.41, 5.74) is 1.80. The zero-order valence-electron chi connectivity index (χ0n) is 11.0. The van der Waals surface area contributed by atoms with Crippen LogP contribution >= 0.6 is 0 Å². The smallest absolute Gasteiger partial charge is 0.307 e. The van der Waals surface area contributed by atoms with E-state index >= 15 is 0 Å². The molecule has 1 N–H and O–H groups in total. The average Bonchev–Trinajstić information content (AvgIpc) is 2.86. The van der Waals surface area contributed by atoms with Crippen molar-refractivity contribution in [2.24, 2.45) is 0 Å². The van der Waals surface area contributed by atoms with Crippen molar-refractivity contribution in [3.05, 3.63) is 35.4 Å². The van der Waals surface area contributed by atoms with Crippen molar-refractivity contribution in [3.8, 4) is 0 Å². The van der Waals surface area contributed by atoms with Gasteiger partial charge in [0.1, 0.15) is 0 Å². The van der Waals surface area contributed by atoms with Gasteiger partial charge in [0.05, 0.1) is 17.4 Å². The molecule has 6 heteroatoms. The van der Waals surface area contributed by atoms with Crippen molar-refractivity contribution >= 4 is 15.8 Å². The summed E-state index contributed by atoms with van der Waals surface area (Å²) in [6.45, 7) is 1.22. The highest BCUT2D eigenvalue weighted by molar-refractivity contribution is 7.92. The van der Waals surface area contributed by atoms with E-state index < -0.39 is 15.8 Å². The maximum absolute atomic E-state index is 11.7. The van der Waals surface area contributed by atoms with Crippen LogP contribution in [0.5, 0.6) is 0 Å². The zero-order chi connectivity index (χ0) is 14.3. The third-order valence-electron chi connectivity index (χ3n) is 4.26. The summed E-state index contributed by atoms with van der Waals surface area (Å²) in [5.74, 6) is -0.596. The molecule has 0 amide bonds. The molecule has 2 atom stereocenters. The molecule has 1 aromatic carbocycles. The van der Waals surface area contributed by atoms with Crippen LogP contribution in [0, 0.1) is 0 Å². The van der Waals surface area contributed by atoms with Crippen LogP contribution in [-0.2, 0) is 27.6 Å². The lowest BCUT2D eigenvalue weighted by atomic mass is 10.0. The van der Waals surface area contributed by atoms with Gasteiger partial charge in [0.2, 0.25) is 0 Å². The first-order chi connectivity index (χ1) is 9.45. The molecule has 2 bridgehead atoms. The quantitative estimate of drug-likeness (QED) is 0.884. The minimum Gasteiger partial charge on any atom is -0.481 e. The number of benzene rings is 1. The molecule has 1 aromatic rings. The zero-order valence-corrected chi connectivity index (χ0v) is 11.8. The van der Waals surface area contributed by atoms with Crippen molar-refractivity contribution in [2.45, 2.75) is 30.7 Å². The Kier molecular flexibility index (Phi) is 3.30. The highest BCUT2D eigenvalue weighted by Gasteiger charge is 2.48. The molecule has 0 aromatic heterocycles. The topological polar surface area (TPSA) is 74.7 Å². The molecule has 20 heavy (non-hydrogen) atoms. The highest BCUT2D eigenvalue weighted by atomic mass is 32.2. The van der Waals surface area contributed by atoms with E-state index in [-0.39, 0.29) is 23.5 Å². The molecule has 5 nitrogen and oxygen atoms in total. The van der Waals surface area contributed by atoms with Gasteiger partial charge in [-0.05, 0) is 17.5 Å². The second kappa shape index (κ2) is 4.86. The van der Waals surface area contributed by atoms with E-state index in [2.05, 4.69) is 4.90 Å². The molecule has 2 fully saturated rings. The van der Waals surface area contributed by atoms with Crippen LogP contribution < -0.4 is 0 Å². The third-order valence-corrected chi connectivity index (χ3v) is 6.46. The fourth-order valence-corrected chi connectivity index (χ4v) is 5.32. The maximum atomic E-state index is 11.7. The number of carboxylic acids is 1. The van der Waals surface area contributed by atoms with Gasteiger partial charge in [-0.2, -0.15) is 0 Å². The molecule has 2 saturated heterocycles. The summed E-state index contributed by atoms with van der Waals surface area (Å²) in [4.78, 5) is 13.1. The molecule has 2 aliphatic heterocycles. The number of hydrogen-bond donors (Lipinski definition) is 1. The molecule has 2 aliphatic rings. The van der Waals surface area contributed by atoms with Gasteiger partial charge in [-0.25, -0.2) is 8.42 Å². The van der Waals surface area contributed by atoms with Gasteiger partial charge in [0.25, 0.3) is 0 Å². The Morgan fingerprint density at radius 1 is 1.30 bits per heavy atom. The molecule has 2 heterocycles. The minimum atomic E-state index is -2.88. The first-order valence-electron chi connectivity index (χ1n) is 6.70. The predicted molar refractivity (Wildman–Crippen MR) is 74.2 cm³/mol. The van der Waals surface area contributed by atoms with Gasteiger partial charge in [-0.3, -0.25) is 9.69 Å². The molecule has 0 spiro atoms. The first kappa shape index (κ1) is 13.6. The van der Waals surface area contributed by atoms with Gasteiger partial charge in [-0.15, -0.1) is 0 Å². The lowest BCUT2D eigenvalue weighted by Gasteiger charge is -2.27. The van der Waals surface area contributed by atoms with E-state index in [1.165, 1.54) is 0 Å². The molecule has 0 radical (unpaired) electrons. The third kappa shape index (κ3) is 2.45. The van der Waals surface area contributed by atoms with E-state index in [9.17, 15) is 13.2 Å². The monoisotopic (exact) mass is 295 g/mol. The summed E-state index contributed by atoms with van der Waals surface area (Å²) < 4.78 is 23.5. The summed E-state index contributed by atoms with van der Waals surface area (Å²) in [7, 11) is -2.88. The van der Waals surface area contributed by atoms with Crippen molar-refractivity contribution < 1.29 is 18.3 Å². The number of rotatable bonds is 4. The molecular weight excluding hydrogens is 278 g/mol. The van der Waals surface area contributed by atoms with E-state index in [4.69, 9.17) is 5.11 Å². The van der Waals surface area contributed by atoms with Crippen molar-refractivity contribution in [3.63, 3.8) is 0 Å². The Labute approximate surface area is 118 Å². The largest absolute Gasteiger partial charge is 0.481 e. The Morgan fingerprint density at radius 2 is 2.00 bits per heavy atom. The number of aliphatic carboxylic acids is 1. The molecule has 3 rings (SSSR count). The van der Waals surface area contributed by atoms with E-state index in [1.54, 1.807) is 0 Å². The Bertz CT molecular complexity index is 640. The molecule has 108 valence electrons. The van der Waals surface area contributed by atoms with E-state index in [0.717, 1.165) is 17.5 Å². The number of likely N-dealkylation sites (tertiary alicyclic amines) is 1. The van der Waals surface area contributed by atoms with E-state index in [1.807, 2.05) is 24.3 Å². The summed E-state index contributed by atoms with van der Waals surface area (Å²) in [6.07, 6.45) is 0.736. The number of sulfone groups is 1. The Morgan fingerprint density at radius 3 is 2.55 bits per heavy atom. The lowest BCUT2D eigenvalue weighted by molar-refractivity contribution is -0.136. The molecular formula is C14H17NO4S. The van der Waals surface area contributed by atoms with Crippen LogP contribution in [-0.4, -0.2) is 48.0 Å². The molecule has 0 saturated carbocycles. The van der Waals surface area contributed by atoms with E-state index in [0.29, 0.717) is 13.1 Å². The second-order valence-corrected chi connectivity index (χ2v) is 7.94. The standard InChI is InChI=1S/C14H17NO4S/c16-14(17)5-10-3-1-2-4-11(10)7-15-8-13-6-12(15)9-20(13,18)19/h1-4,12-13H,5-9H2,(H,16,17). The summed E-state index contributed by atoms with van der Waals surface area (Å²) >= 11 is 0. The number of carboxylic acid groups (broad SMARTS) is 1. The summed E-state index contributed by atoms with van der Waals surface area (Å²) in [5, 5.41) is 8.71. The fraction of sp³-hybridized carbons (Fsp3) is 0.500. The van der Waals surface area contributed by atoms with Gasteiger partial charge >= 0.3 is 5.97 Å². The van der Waals surface area contributed by atoms with Gasteiger partial charge in [0, 0.05) is 19.1 Å². The first-order valence-corrected chi connectivity index (χ1v) is 8.41. The SMILES string of the molecule is O=C(O)Cc1ccccc1CN1CC2CC1CS2(=O)=O. The minimum absolute atomic E-state index is 0.0103. The van der Waals surface area contributed by atoms with Gasteiger partial charge < -0.3 is 5.11 Å². The van der Waals surface area contributed by atoms with Crippen LogP contribution in [0.3, 0.4) is 0 Å². The Hall–Kier alpha value is -1.40. The van der Waals surface area contributed by atoms with Crippen molar-refractivity contribution in [1.82, 2.24) is 4.90 Å². The fourth-order valence-electron chi connectivity index (χ4n) is 3.24. The Balaban J connectivity index is 1.76. The molecule has 0 aliphatic carbocycles. The predicted octanol–water partition coefficient (Wildman–Crippen LogP) is 0.685. The van der Waals surface area contributed by atoms with Gasteiger partial charge in [-0.1, -0.05) is 24.3 Å². The normalized spacial score (nSPS) is 27.8. The number of fused-ring (bicyclic) bond motifs is 2. The van der Waals surface area contributed by atoms with Crippen LogP contribution in [0.4, 0.5) is 0 Å². The number of hydrogen-bond acceptors (Lipinski definition) is 4. The van der Waals surface area contributed by atoms with Crippen LogP contribution in [0.1, 0.15) is 17.5 Å². The number of carbonyl (C=O) groups is 1.